The maximum Gasteiger partial charge on any atom is 0.272 e. The largest absolute Gasteiger partial charge is 0.340 e. The number of aromatic nitrogens is 3. The summed E-state index contributed by atoms with van der Waals surface area (Å²) in [6.45, 7) is 2.72. The van der Waals surface area contributed by atoms with E-state index in [9.17, 15) is 4.79 Å². The summed E-state index contributed by atoms with van der Waals surface area (Å²) in [6.07, 6.45) is 6.87. The maximum atomic E-state index is 12.6. The van der Waals surface area contributed by atoms with Crippen LogP contribution in [0.15, 0.2) is 61.1 Å². The molecule has 2 heterocycles. The van der Waals surface area contributed by atoms with Gasteiger partial charge in [-0.3, -0.25) is 9.78 Å². The number of nitrogens with one attached hydrogen (secondary N) is 1. The van der Waals surface area contributed by atoms with E-state index >= 15 is 0 Å². The number of hydrogen-bond acceptors (Lipinski definition) is 5. The molecule has 0 atom stereocenters. The fraction of sp³-hybridized carbons (Fsp3) is 0.238. The first-order valence-corrected chi connectivity index (χ1v) is 8.99. The van der Waals surface area contributed by atoms with E-state index in [1.807, 2.05) is 24.3 Å². The van der Waals surface area contributed by atoms with Gasteiger partial charge in [-0.15, -0.1) is 0 Å². The number of nitrogens with zero attached hydrogens (tertiary/aromatic N) is 4. The van der Waals surface area contributed by atoms with E-state index < -0.39 is 0 Å². The van der Waals surface area contributed by atoms with Gasteiger partial charge in [0.15, 0.2) is 0 Å². The van der Waals surface area contributed by atoms with E-state index in [4.69, 9.17) is 0 Å². The van der Waals surface area contributed by atoms with Gasteiger partial charge in [-0.05, 0) is 54.3 Å². The van der Waals surface area contributed by atoms with Crippen LogP contribution in [0.1, 0.15) is 28.5 Å². The molecular formula is C21H23N5O. The van der Waals surface area contributed by atoms with Crippen molar-refractivity contribution in [2.45, 2.75) is 19.8 Å². The number of amides is 1. The Hall–Kier alpha value is -3.28. The number of aryl methyl sites for hydroxylation is 1. The Morgan fingerprint density at radius 1 is 1.00 bits per heavy atom. The minimum Gasteiger partial charge on any atom is -0.340 e. The Bertz CT molecular complexity index is 881. The van der Waals surface area contributed by atoms with Gasteiger partial charge < -0.3 is 10.2 Å². The predicted octanol–water partition coefficient (Wildman–Crippen LogP) is 3.49. The lowest BCUT2D eigenvalue weighted by molar-refractivity contribution is 0.0791. The highest BCUT2D eigenvalue weighted by molar-refractivity contribution is 5.92. The molecule has 6 nitrogen and oxygen atoms in total. The lowest BCUT2D eigenvalue weighted by Crippen LogP contribution is -2.29. The summed E-state index contributed by atoms with van der Waals surface area (Å²) in [6, 6.07) is 13.6. The fourth-order valence-electron chi connectivity index (χ4n) is 2.63. The zero-order valence-corrected chi connectivity index (χ0v) is 15.6. The van der Waals surface area contributed by atoms with Crippen molar-refractivity contribution >= 4 is 17.5 Å². The third kappa shape index (κ3) is 5.10. The van der Waals surface area contributed by atoms with Crippen LogP contribution in [0.4, 0.5) is 11.6 Å². The van der Waals surface area contributed by atoms with E-state index in [0.29, 0.717) is 18.2 Å². The van der Waals surface area contributed by atoms with Crippen LogP contribution >= 0.6 is 0 Å². The number of pyridine rings is 1. The Morgan fingerprint density at radius 2 is 1.74 bits per heavy atom. The number of anilines is 2. The van der Waals surface area contributed by atoms with Crippen molar-refractivity contribution in [1.29, 1.82) is 0 Å². The Morgan fingerprint density at radius 3 is 2.44 bits per heavy atom. The van der Waals surface area contributed by atoms with Gasteiger partial charge in [-0.25, -0.2) is 9.97 Å². The van der Waals surface area contributed by atoms with Gasteiger partial charge >= 0.3 is 0 Å². The van der Waals surface area contributed by atoms with Crippen LogP contribution in [0.25, 0.3) is 0 Å². The van der Waals surface area contributed by atoms with Gasteiger partial charge in [-0.1, -0.05) is 19.1 Å². The molecule has 0 saturated heterocycles. The van der Waals surface area contributed by atoms with E-state index in [1.54, 1.807) is 36.6 Å². The van der Waals surface area contributed by atoms with Crippen LogP contribution in [0.3, 0.4) is 0 Å². The smallest absolute Gasteiger partial charge is 0.272 e. The highest BCUT2D eigenvalue weighted by Crippen LogP contribution is 2.15. The number of likely N-dealkylation sites (N-methyl/N-ethyl adjacent to an activating group) is 1. The topological polar surface area (TPSA) is 71.0 Å². The monoisotopic (exact) mass is 361 g/mol. The quantitative estimate of drug-likeness (QED) is 0.697. The molecule has 27 heavy (non-hydrogen) atoms. The molecule has 0 unspecified atom stereocenters. The first kappa shape index (κ1) is 18.5. The fourth-order valence-corrected chi connectivity index (χ4v) is 2.63. The molecule has 0 spiro atoms. The Balaban J connectivity index is 1.63. The van der Waals surface area contributed by atoms with E-state index in [1.165, 1.54) is 5.56 Å². The van der Waals surface area contributed by atoms with Gasteiger partial charge in [0.25, 0.3) is 5.91 Å². The first-order valence-electron chi connectivity index (χ1n) is 8.99. The summed E-state index contributed by atoms with van der Waals surface area (Å²) in [7, 11) is 1.78. The van der Waals surface area contributed by atoms with Crippen molar-refractivity contribution in [2.75, 3.05) is 18.9 Å². The number of hydrogen-bond donors (Lipinski definition) is 1. The number of carbonyl (C=O) groups excluding carboxylic acids is 1. The normalized spacial score (nSPS) is 10.4. The zero-order chi connectivity index (χ0) is 19.1. The summed E-state index contributed by atoms with van der Waals surface area (Å²) in [4.78, 5) is 26.9. The van der Waals surface area contributed by atoms with E-state index in [0.717, 1.165) is 24.1 Å². The Kier molecular flexibility index (Phi) is 6.10. The van der Waals surface area contributed by atoms with Crippen LogP contribution in [0.5, 0.6) is 0 Å². The molecule has 0 radical (unpaired) electrons. The summed E-state index contributed by atoms with van der Waals surface area (Å²) >= 11 is 0. The average molecular weight is 361 g/mol. The van der Waals surface area contributed by atoms with Crippen molar-refractivity contribution in [1.82, 2.24) is 19.9 Å². The minimum absolute atomic E-state index is 0.129. The predicted molar refractivity (Wildman–Crippen MR) is 106 cm³/mol. The summed E-state index contributed by atoms with van der Waals surface area (Å²) in [5.41, 5.74) is 3.67. The third-order valence-corrected chi connectivity index (χ3v) is 4.32. The van der Waals surface area contributed by atoms with Gasteiger partial charge in [0, 0.05) is 37.9 Å². The molecule has 138 valence electrons. The second-order valence-electron chi connectivity index (χ2n) is 6.27. The molecule has 0 aliphatic carbocycles. The molecule has 0 saturated carbocycles. The minimum atomic E-state index is -0.129. The molecular weight excluding hydrogens is 338 g/mol. The standard InChI is InChI=1S/C21H23N5O/c1-3-16-4-6-18(7-5-16)24-21-23-14-10-19(25-21)20(27)26(2)15-11-17-8-12-22-13-9-17/h4-10,12-14H,3,11,15H2,1-2H3,(H,23,24,25). The molecule has 0 fully saturated rings. The summed E-state index contributed by atoms with van der Waals surface area (Å²) < 4.78 is 0. The van der Waals surface area contributed by atoms with Crippen molar-refractivity contribution < 1.29 is 4.79 Å². The van der Waals surface area contributed by atoms with Crippen molar-refractivity contribution in [3.63, 3.8) is 0 Å². The third-order valence-electron chi connectivity index (χ3n) is 4.32. The zero-order valence-electron chi connectivity index (χ0n) is 15.6. The van der Waals surface area contributed by atoms with Gasteiger partial charge in [0.1, 0.15) is 5.69 Å². The molecule has 1 N–H and O–H groups in total. The molecule has 0 aliphatic rings. The highest BCUT2D eigenvalue weighted by Gasteiger charge is 2.14. The van der Waals surface area contributed by atoms with Crippen LogP contribution in [0, 0.1) is 0 Å². The van der Waals surface area contributed by atoms with Crippen molar-refractivity contribution in [3.8, 4) is 0 Å². The summed E-state index contributed by atoms with van der Waals surface area (Å²) in [5, 5.41) is 3.15. The molecule has 3 aromatic rings. The van der Waals surface area contributed by atoms with Crippen LogP contribution in [0.2, 0.25) is 0 Å². The number of rotatable bonds is 7. The molecule has 2 aromatic heterocycles. The van der Waals surface area contributed by atoms with Crippen LogP contribution < -0.4 is 5.32 Å². The second kappa shape index (κ2) is 8.89. The number of benzene rings is 1. The maximum absolute atomic E-state index is 12.6. The molecule has 0 aliphatic heterocycles. The molecule has 6 heteroatoms. The average Bonchev–Trinajstić information content (AvgIpc) is 2.73. The van der Waals surface area contributed by atoms with Gasteiger partial charge in [0.05, 0.1) is 0 Å². The van der Waals surface area contributed by atoms with Crippen molar-refractivity contribution in [2.24, 2.45) is 0 Å². The SMILES string of the molecule is CCc1ccc(Nc2nccc(C(=O)N(C)CCc3ccncc3)n2)cc1. The lowest BCUT2D eigenvalue weighted by Gasteiger charge is -2.17. The second-order valence-corrected chi connectivity index (χ2v) is 6.27. The Labute approximate surface area is 159 Å². The molecule has 1 amide bonds. The van der Waals surface area contributed by atoms with E-state index in [2.05, 4.69) is 39.3 Å². The lowest BCUT2D eigenvalue weighted by atomic mass is 10.1. The van der Waals surface area contributed by atoms with Gasteiger partial charge in [0.2, 0.25) is 5.95 Å². The van der Waals surface area contributed by atoms with Crippen LogP contribution in [-0.4, -0.2) is 39.4 Å². The molecule has 1 aromatic carbocycles. The van der Waals surface area contributed by atoms with Crippen LogP contribution in [-0.2, 0) is 12.8 Å². The van der Waals surface area contributed by atoms with E-state index in [-0.39, 0.29) is 5.91 Å². The number of carbonyl (C=O) groups is 1. The highest BCUT2D eigenvalue weighted by atomic mass is 16.2. The summed E-state index contributed by atoms with van der Waals surface area (Å²) in [5.74, 6) is 0.281. The van der Waals surface area contributed by atoms with Gasteiger partial charge in [-0.2, -0.15) is 0 Å². The van der Waals surface area contributed by atoms with Crippen molar-refractivity contribution in [3.05, 3.63) is 77.9 Å². The molecule has 3 rings (SSSR count). The molecule has 0 bridgehead atoms. The first-order chi connectivity index (χ1) is 13.2.